The number of rotatable bonds is 5. The van der Waals surface area contributed by atoms with Crippen molar-refractivity contribution in [2.24, 2.45) is 0 Å². The van der Waals surface area contributed by atoms with Gasteiger partial charge in [-0.25, -0.2) is 12.7 Å². The van der Waals surface area contributed by atoms with Gasteiger partial charge in [0.15, 0.2) is 11.5 Å². The highest BCUT2D eigenvalue weighted by atomic mass is 32.2. The van der Waals surface area contributed by atoms with Gasteiger partial charge in [0.2, 0.25) is 5.91 Å². The maximum atomic E-state index is 12.8. The molecule has 29 heavy (non-hydrogen) atoms. The summed E-state index contributed by atoms with van der Waals surface area (Å²) >= 11 is 0. The van der Waals surface area contributed by atoms with E-state index in [4.69, 9.17) is 9.47 Å². The molecule has 0 aromatic heterocycles. The maximum absolute atomic E-state index is 12.8. The van der Waals surface area contributed by atoms with Crippen molar-refractivity contribution in [2.45, 2.75) is 18.4 Å². The lowest BCUT2D eigenvalue weighted by atomic mass is 10.1. The van der Waals surface area contributed by atoms with E-state index in [0.717, 1.165) is 5.56 Å². The van der Waals surface area contributed by atoms with E-state index in [9.17, 15) is 18.0 Å². The summed E-state index contributed by atoms with van der Waals surface area (Å²) in [7, 11) is -4.02. The Hall–Kier alpha value is -3.07. The van der Waals surface area contributed by atoms with Gasteiger partial charge in [0.1, 0.15) is 24.7 Å². The molecule has 2 aliphatic rings. The average Bonchev–Trinajstić information content (AvgIpc) is 2.92. The van der Waals surface area contributed by atoms with Gasteiger partial charge in [-0.05, 0) is 36.8 Å². The van der Waals surface area contributed by atoms with Gasteiger partial charge >= 0.3 is 0 Å². The van der Waals surface area contributed by atoms with Crippen LogP contribution in [0.25, 0.3) is 0 Å². The Morgan fingerprint density at radius 2 is 1.83 bits per heavy atom. The zero-order valence-corrected chi connectivity index (χ0v) is 16.6. The smallest absolute Gasteiger partial charge is 0.269 e. The molecular weight excluding hydrogens is 396 g/mol. The Bertz CT molecular complexity index is 1080. The Balaban J connectivity index is 1.51. The first-order chi connectivity index (χ1) is 13.9. The summed E-state index contributed by atoms with van der Waals surface area (Å²) in [6.07, 6.45) is 0. The van der Waals surface area contributed by atoms with Crippen LogP contribution in [-0.4, -0.2) is 55.7 Å². The Kier molecular flexibility index (Phi) is 4.91. The van der Waals surface area contributed by atoms with Crippen molar-refractivity contribution >= 4 is 21.8 Å². The number of sulfonamides is 1. The fraction of sp³-hybridized carbons (Fsp3) is 0.300. The molecule has 152 valence electrons. The minimum absolute atomic E-state index is 0.0623. The molecule has 4 rings (SSSR count). The molecule has 9 heteroatoms. The van der Waals surface area contributed by atoms with E-state index in [1.165, 1.54) is 17.0 Å². The van der Waals surface area contributed by atoms with E-state index in [-0.39, 0.29) is 17.0 Å². The van der Waals surface area contributed by atoms with Crippen LogP contribution >= 0.6 is 0 Å². The third-order valence-corrected chi connectivity index (χ3v) is 6.69. The second-order valence-electron chi connectivity index (χ2n) is 6.70. The minimum atomic E-state index is -4.02. The molecule has 2 heterocycles. The standard InChI is InChI=1S/C20H20N2O6S/c1-2-21(12-14-7-8-16-17(11-14)28-10-9-27-16)19(23)13-22-20(24)15-5-3-4-6-18(15)29(22,25)26/h3-8,11H,2,9-10,12-13H2,1H3. The molecule has 8 nitrogen and oxygen atoms in total. The molecule has 2 aromatic rings. The number of hydrogen-bond acceptors (Lipinski definition) is 6. The first-order valence-corrected chi connectivity index (χ1v) is 10.7. The molecule has 2 aromatic carbocycles. The second-order valence-corrected chi connectivity index (χ2v) is 8.53. The molecular formula is C20H20N2O6S. The molecule has 2 amide bonds. The van der Waals surface area contributed by atoms with Crippen molar-refractivity contribution in [3.63, 3.8) is 0 Å². The predicted octanol–water partition coefficient (Wildman–Crippen LogP) is 1.65. The van der Waals surface area contributed by atoms with Crippen molar-refractivity contribution in [3.05, 3.63) is 53.6 Å². The number of amides is 2. The molecule has 0 unspecified atom stereocenters. The minimum Gasteiger partial charge on any atom is -0.486 e. The molecule has 0 saturated carbocycles. The van der Waals surface area contributed by atoms with E-state index in [0.29, 0.717) is 35.6 Å². The van der Waals surface area contributed by atoms with Crippen LogP contribution in [0.4, 0.5) is 0 Å². The number of hydrogen-bond donors (Lipinski definition) is 0. The Labute approximate surface area is 168 Å². The quantitative estimate of drug-likeness (QED) is 0.736. The van der Waals surface area contributed by atoms with Crippen molar-refractivity contribution in [1.82, 2.24) is 9.21 Å². The summed E-state index contributed by atoms with van der Waals surface area (Å²) in [5.41, 5.74) is 0.915. The summed E-state index contributed by atoms with van der Waals surface area (Å²) < 4.78 is 37.0. The highest BCUT2D eigenvalue weighted by Gasteiger charge is 2.42. The molecule has 0 fully saturated rings. The van der Waals surface area contributed by atoms with Gasteiger partial charge in [0.25, 0.3) is 15.9 Å². The summed E-state index contributed by atoms with van der Waals surface area (Å²) in [4.78, 5) is 26.8. The lowest BCUT2D eigenvalue weighted by Crippen LogP contribution is -2.42. The summed E-state index contributed by atoms with van der Waals surface area (Å²) in [5.74, 6) is 0.141. The van der Waals surface area contributed by atoms with Crippen LogP contribution < -0.4 is 9.47 Å². The number of likely N-dealkylation sites (N-methyl/N-ethyl adjacent to an activating group) is 1. The lowest BCUT2D eigenvalue weighted by Gasteiger charge is -2.25. The van der Waals surface area contributed by atoms with Gasteiger partial charge < -0.3 is 14.4 Å². The summed E-state index contributed by atoms with van der Waals surface area (Å²) in [6, 6.07) is 11.4. The van der Waals surface area contributed by atoms with Crippen LogP contribution in [0, 0.1) is 0 Å². The first-order valence-electron chi connectivity index (χ1n) is 9.24. The number of carbonyl (C=O) groups excluding carboxylic acids is 2. The third kappa shape index (κ3) is 3.42. The van der Waals surface area contributed by atoms with Gasteiger partial charge in [0.05, 0.1) is 5.56 Å². The van der Waals surface area contributed by atoms with Crippen LogP contribution in [-0.2, 0) is 21.4 Å². The first kappa shape index (κ1) is 19.3. The van der Waals surface area contributed by atoms with E-state index in [2.05, 4.69) is 0 Å². The highest BCUT2D eigenvalue weighted by molar-refractivity contribution is 7.90. The number of ether oxygens (including phenoxy) is 2. The molecule has 2 aliphatic heterocycles. The molecule has 0 N–H and O–H groups in total. The molecule has 0 aliphatic carbocycles. The summed E-state index contributed by atoms with van der Waals surface area (Å²) in [5, 5.41) is 0. The zero-order valence-electron chi connectivity index (χ0n) is 15.8. The van der Waals surface area contributed by atoms with Crippen molar-refractivity contribution in [1.29, 1.82) is 0 Å². The third-order valence-electron chi connectivity index (χ3n) is 4.91. The van der Waals surface area contributed by atoms with Gasteiger partial charge in [-0.2, -0.15) is 0 Å². The number of fused-ring (bicyclic) bond motifs is 2. The lowest BCUT2D eigenvalue weighted by molar-refractivity contribution is -0.131. The van der Waals surface area contributed by atoms with Crippen LogP contribution in [0.5, 0.6) is 11.5 Å². The summed E-state index contributed by atoms with van der Waals surface area (Å²) in [6.45, 7) is 2.84. The Morgan fingerprint density at radius 3 is 2.55 bits per heavy atom. The number of benzene rings is 2. The molecule has 0 bridgehead atoms. The van der Waals surface area contributed by atoms with Gasteiger partial charge in [-0.1, -0.05) is 18.2 Å². The fourth-order valence-electron chi connectivity index (χ4n) is 3.39. The fourth-order valence-corrected chi connectivity index (χ4v) is 4.91. The van der Waals surface area contributed by atoms with Crippen LogP contribution in [0.1, 0.15) is 22.8 Å². The number of carbonyl (C=O) groups is 2. The molecule has 0 saturated heterocycles. The average molecular weight is 416 g/mol. The van der Waals surface area contributed by atoms with E-state index < -0.39 is 28.4 Å². The van der Waals surface area contributed by atoms with Gasteiger partial charge in [-0.15, -0.1) is 0 Å². The monoisotopic (exact) mass is 416 g/mol. The predicted molar refractivity (Wildman–Crippen MR) is 103 cm³/mol. The second kappa shape index (κ2) is 7.40. The normalized spacial score (nSPS) is 16.4. The zero-order chi connectivity index (χ0) is 20.6. The molecule has 0 spiro atoms. The maximum Gasteiger partial charge on any atom is 0.269 e. The van der Waals surface area contributed by atoms with Crippen molar-refractivity contribution in [3.8, 4) is 11.5 Å². The largest absolute Gasteiger partial charge is 0.486 e. The van der Waals surface area contributed by atoms with Crippen molar-refractivity contribution in [2.75, 3.05) is 26.3 Å². The van der Waals surface area contributed by atoms with E-state index in [1.807, 2.05) is 6.07 Å². The molecule has 0 atom stereocenters. The van der Waals surface area contributed by atoms with Crippen LogP contribution in [0.15, 0.2) is 47.4 Å². The van der Waals surface area contributed by atoms with E-state index in [1.54, 1.807) is 31.2 Å². The van der Waals surface area contributed by atoms with Crippen molar-refractivity contribution < 1.29 is 27.5 Å². The van der Waals surface area contributed by atoms with Gasteiger partial charge in [0, 0.05) is 13.1 Å². The highest BCUT2D eigenvalue weighted by Crippen LogP contribution is 2.32. The van der Waals surface area contributed by atoms with E-state index >= 15 is 0 Å². The van der Waals surface area contributed by atoms with Crippen LogP contribution in [0.2, 0.25) is 0 Å². The van der Waals surface area contributed by atoms with Crippen LogP contribution in [0.3, 0.4) is 0 Å². The van der Waals surface area contributed by atoms with Gasteiger partial charge in [-0.3, -0.25) is 9.59 Å². The number of nitrogens with zero attached hydrogens (tertiary/aromatic N) is 2. The molecule has 0 radical (unpaired) electrons. The Morgan fingerprint density at radius 1 is 1.10 bits per heavy atom. The topological polar surface area (TPSA) is 93.2 Å². The SMILES string of the molecule is CCN(Cc1ccc2c(c1)OCCO2)C(=O)CN1C(=O)c2ccccc2S1(=O)=O.